The van der Waals surface area contributed by atoms with Crippen molar-refractivity contribution in [2.24, 2.45) is 0 Å². The van der Waals surface area contributed by atoms with Gasteiger partial charge in [-0.2, -0.15) is 21.6 Å². The first kappa shape index (κ1) is 20.4. The number of hydrogen-bond acceptors (Lipinski definition) is 6. The quantitative estimate of drug-likeness (QED) is 0.318. The highest BCUT2D eigenvalue weighted by atomic mass is 32.2. The third-order valence-electron chi connectivity index (χ3n) is 3.30. The van der Waals surface area contributed by atoms with Crippen LogP contribution >= 0.6 is 0 Å². The number of esters is 1. The van der Waals surface area contributed by atoms with Crippen molar-refractivity contribution >= 4 is 21.9 Å². The van der Waals surface area contributed by atoms with Gasteiger partial charge >= 0.3 is 21.6 Å². The van der Waals surface area contributed by atoms with Crippen molar-refractivity contribution in [3.63, 3.8) is 0 Å². The molecule has 0 N–H and O–H groups in total. The summed E-state index contributed by atoms with van der Waals surface area (Å²) in [5.74, 6) is -2.53. The van der Waals surface area contributed by atoms with E-state index in [1.54, 1.807) is 30.3 Å². The maximum atomic E-state index is 12.5. The van der Waals surface area contributed by atoms with Crippen LogP contribution in [0.3, 0.4) is 0 Å². The van der Waals surface area contributed by atoms with Crippen LogP contribution in [0, 0.1) is 0 Å². The van der Waals surface area contributed by atoms with E-state index in [2.05, 4.69) is 4.18 Å². The zero-order valence-corrected chi connectivity index (χ0v) is 14.6. The largest absolute Gasteiger partial charge is 0.534 e. The molecule has 0 saturated heterocycles. The summed E-state index contributed by atoms with van der Waals surface area (Å²) < 4.78 is 69.1. The van der Waals surface area contributed by atoms with E-state index in [1.807, 2.05) is 0 Å². The van der Waals surface area contributed by atoms with Crippen molar-refractivity contribution in [2.75, 3.05) is 0 Å². The normalized spacial score (nSPS) is 11.7. The number of halogens is 3. The fourth-order valence-corrected chi connectivity index (χ4v) is 2.42. The third kappa shape index (κ3) is 5.07. The highest BCUT2D eigenvalue weighted by Crippen LogP contribution is 2.30. The summed E-state index contributed by atoms with van der Waals surface area (Å²) in [7, 11) is -6.00. The Morgan fingerprint density at radius 2 is 1.67 bits per heavy atom. The number of rotatable bonds is 6. The minimum atomic E-state index is -6.00. The lowest BCUT2D eigenvalue weighted by Gasteiger charge is -2.13. The first-order valence-corrected chi connectivity index (χ1v) is 8.79. The van der Waals surface area contributed by atoms with Crippen LogP contribution in [-0.2, 0) is 21.5 Å². The van der Waals surface area contributed by atoms with E-state index in [0.29, 0.717) is 5.56 Å². The van der Waals surface area contributed by atoms with Gasteiger partial charge in [-0.25, -0.2) is 4.79 Å². The molecule has 2 aromatic rings. The van der Waals surface area contributed by atoms with Gasteiger partial charge in [-0.3, -0.25) is 4.79 Å². The molecule has 10 heteroatoms. The third-order valence-corrected chi connectivity index (χ3v) is 4.27. The molecule has 0 spiro atoms. The van der Waals surface area contributed by atoms with E-state index >= 15 is 0 Å². The fourth-order valence-electron chi connectivity index (χ4n) is 1.95. The van der Waals surface area contributed by atoms with Gasteiger partial charge in [0.05, 0.1) is 0 Å². The van der Waals surface area contributed by atoms with E-state index in [9.17, 15) is 31.2 Å². The number of hydrogen-bond donors (Lipinski definition) is 0. The number of carbonyl (C=O) groups excluding carboxylic acids is 2. The molecule has 0 aliphatic heterocycles. The van der Waals surface area contributed by atoms with Gasteiger partial charge < -0.3 is 8.92 Å². The molecule has 0 bridgehead atoms. The Morgan fingerprint density at radius 3 is 2.22 bits per heavy atom. The van der Waals surface area contributed by atoms with Gasteiger partial charge in [-0.1, -0.05) is 30.3 Å². The Bertz CT molecular complexity index is 952. The van der Waals surface area contributed by atoms with Crippen molar-refractivity contribution in [1.82, 2.24) is 0 Å². The molecule has 2 aromatic carbocycles. The molecule has 0 amide bonds. The van der Waals surface area contributed by atoms with Gasteiger partial charge in [0.15, 0.2) is 11.5 Å². The van der Waals surface area contributed by atoms with Crippen molar-refractivity contribution in [1.29, 1.82) is 0 Å². The Hall–Kier alpha value is -2.88. The van der Waals surface area contributed by atoms with Crippen LogP contribution in [0.15, 0.2) is 48.5 Å². The van der Waals surface area contributed by atoms with Gasteiger partial charge in [0.2, 0.25) is 0 Å². The van der Waals surface area contributed by atoms with Crippen LogP contribution in [-0.4, -0.2) is 25.7 Å². The lowest BCUT2D eigenvalue weighted by molar-refractivity contribution is -0.0500. The summed E-state index contributed by atoms with van der Waals surface area (Å²) in [6.07, 6.45) is 0. The van der Waals surface area contributed by atoms with E-state index in [1.165, 1.54) is 6.92 Å². The van der Waals surface area contributed by atoms with Crippen molar-refractivity contribution in [2.45, 2.75) is 19.0 Å². The van der Waals surface area contributed by atoms with Crippen molar-refractivity contribution in [3.05, 3.63) is 65.2 Å². The second kappa shape index (κ2) is 7.78. The number of carbonyl (C=O) groups is 2. The molecule has 0 aliphatic carbocycles. The minimum absolute atomic E-state index is 0.0292. The standard InChI is InChI=1S/C17H13F3O6S/c1-11(21)13-7-8-15(26-27(23,24)17(18,19)20)14(9-13)16(22)25-10-12-5-3-2-4-6-12/h2-9H,10H2,1H3. The van der Waals surface area contributed by atoms with Gasteiger partial charge in [-0.15, -0.1) is 0 Å². The van der Waals surface area contributed by atoms with Gasteiger partial charge in [0.1, 0.15) is 12.2 Å². The molecule has 27 heavy (non-hydrogen) atoms. The number of ketones is 1. The Labute approximate surface area is 152 Å². The summed E-state index contributed by atoms with van der Waals surface area (Å²) in [4.78, 5) is 23.7. The number of alkyl halides is 3. The molecule has 0 fully saturated rings. The maximum absolute atomic E-state index is 12.5. The SMILES string of the molecule is CC(=O)c1ccc(OS(=O)(=O)C(F)(F)F)c(C(=O)OCc2ccccc2)c1. The van der Waals surface area contributed by atoms with Crippen LogP contribution < -0.4 is 4.18 Å². The van der Waals surface area contributed by atoms with Gasteiger partial charge in [-0.05, 0) is 30.7 Å². The monoisotopic (exact) mass is 402 g/mol. The number of ether oxygens (including phenoxy) is 1. The van der Waals surface area contributed by atoms with Gasteiger partial charge in [0.25, 0.3) is 0 Å². The van der Waals surface area contributed by atoms with E-state index in [0.717, 1.165) is 18.2 Å². The molecule has 0 atom stereocenters. The zero-order valence-electron chi connectivity index (χ0n) is 13.8. The predicted octanol–water partition coefficient (Wildman–Crippen LogP) is 3.47. The molecule has 0 unspecified atom stereocenters. The molecule has 0 aliphatic rings. The molecule has 0 saturated carbocycles. The van der Waals surface area contributed by atoms with Crippen LogP contribution in [0.1, 0.15) is 33.2 Å². The lowest BCUT2D eigenvalue weighted by Crippen LogP contribution is -2.28. The smallest absolute Gasteiger partial charge is 0.457 e. The summed E-state index contributed by atoms with van der Waals surface area (Å²) in [6, 6.07) is 11.1. The van der Waals surface area contributed by atoms with Gasteiger partial charge in [0, 0.05) is 5.56 Å². The number of Topliss-reactive ketones (excluding diaryl/α,β-unsaturated/α-hetero) is 1. The van der Waals surface area contributed by atoms with E-state index in [4.69, 9.17) is 4.74 Å². The minimum Gasteiger partial charge on any atom is -0.457 e. The Balaban J connectivity index is 2.35. The van der Waals surface area contributed by atoms with Crippen LogP contribution in [0.25, 0.3) is 0 Å². The topological polar surface area (TPSA) is 86.7 Å². The average molecular weight is 402 g/mol. The Morgan fingerprint density at radius 1 is 1.04 bits per heavy atom. The predicted molar refractivity (Wildman–Crippen MR) is 87.6 cm³/mol. The van der Waals surface area contributed by atoms with E-state index in [-0.39, 0.29) is 12.2 Å². The molecule has 6 nitrogen and oxygen atoms in total. The first-order chi connectivity index (χ1) is 12.5. The van der Waals surface area contributed by atoms with Crippen LogP contribution in [0.5, 0.6) is 5.75 Å². The molecule has 144 valence electrons. The molecule has 0 aromatic heterocycles. The molecular weight excluding hydrogens is 389 g/mol. The highest BCUT2D eigenvalue weighted by Gasteiger charge is 2.49. The Kier molecular flexibility index (Phi) is 5.89. The fraction of sp³-hybridized carbons (Fsp3) is 0.176. The summed E-state index contributed by atoms with van der Waals surface area (Å²) in [6.45, 7) is 0.955. The van der Waals surface area contributed by atoms with Crippen LogP contribution in [0.4, 0.5) is 13.2 Å². The summed E-state index contributed by atoms with van der Waals surface area (Å²) in [5.41, 5.74) is -5.74. The molecular formula is C17H13F3O6S. The number of benzene rings is 2. The van der Waals surface area contributed by atoms with Crippen molar-refractivity contribution in [3.8, 4) is 5.75 Å². The second-order valence-corrected chi connectivity index (χ2v) is 6.85. The highest BCUT2D eigenvalue weighted by molar-refractivity contribution is 7.88. The lowest BCUT2D eigenvalue weighted by atomic mass is 10.1. The zero-order chi connectivity index (χ0) is 20.2. The van der Waals surface area contributed by atoms with Crippen molar-refractivity contribution < 1.29 is 40.1 Å². The molecule has 0 heterocycles. The summed E-state index contributed by atoms with van der Waals surface area (Å²) in [5, 5.41) is 0. The molecule has 2 rings (SSSR count). The maximum Gasteiger partial charge on any atom is 0.534 e. The van der Waals surface area contributed by atoms with E-state index < -0.39 is 38.7 Å². The van der Waals surface area contributed by atoms with Crippen LogP contribution in [0.2, 0.25) is 0 Å². The first-order valence-electron chi connectivity index (χ1n) is 7.38. The average Bonchev–Trinajstić information content (AvgIpc) is 2.59. The second-order valence-electron chi connectivity index (χ2n) is 5.31. The summed E-state index contributed by atoms with van der Waals surface area (Å²) >= 11 is 0. The molecule has 0 radical (unpaired) electrons.